The van der Waals surface area contributed by atoms with Gasteiger partial charge in [-0.15, -0.1) is 5.10 Å². The van der Waals surface area contributed by atoms with E-state index >= 15 is 0 Å². The Morgan fingerprint density at radius 3 is 2.79 bits per heavy atom. The van der Waals surface area contributed by atoms with Crippen molar-refractivity contribution in [3.05, 3.63) is 70.5 Å². The minimum Gasteiger partial charge on any atom is -0.322 e. The second kappa shape index (κ2) is 8.08. The second-order valence-corrected chi connectivity index (χ2v) is 7.41. The Morgan fingerprint density at radius 1 is 1.25 bits per heavy atom. The first-order valence-electron chi connectivity index (χ1n) is 9.27. The van der Waals surface area contributed by atoms with Crippen molar-refractivity contribution < 1.29 is 4.79 Å². The number of amides is 1. The van der Waals surface area contributed by atoms with Crippen molar-refractivity contribution in [3.63, 3.8) is 0 Å². The molecule has 1 heterocycles. The maximum atomic E-state index is 12.4. The summed E-state index contributed by atoms with van der Waals surface area (Å²) in [6, 6.07) is 15.1. The summed E-state index contributed by atoms with van der Waals surface area (Å²) in [6.07, 6.45) is 2.28. The molecule has 1 aliphatic rings. The van der Waals surface area contributed by atoms with Crippen LogP contribution in [0.1, 0.15) is 53.6 Å². The molecule has 0 spiro atoms. The number of hydrogen-bond donors (Lipinski definition) is 2. The fraction of sp³-hybridized carbons (Fsp3) is 0.300. The van der Waals surface area contributed by atoms with Gasteiger partial charge in [-0.3, -0.25) is 4.79 Å². The topological polar surface area (TPSA) is 84.7 Å². The third kappa shape index (κ3) is 4.37. The summed E-state index contributed by atoms with van der Waals surface area (Å²) in [5.41, 5.74) is 2.37. The van der Waals surface area contributed by atoms with Crippen molar-refractivity contribution >= 4 is 23.2 Å². The average Bonchev–Trinajstić information content (AvgIpc) is 3.43. The summed E-state index contributed by atoms with van der Waals surface area (Å²) in [4.78, 5) is 12.4. The molecule has 0 aliphatic heterocycles. The molecule has 1 amide bonds. The van der Waals surface area contributed by atoms with Gasteiger partial charge in [0.2, 0.25) is 0 Å². The van der Waals surface area contributed by atoms with Crippen LogP contribution in [-0.4, -0.2) is 26.1 Å². The molecule has 0 radical (unpaired) electrons. The van der Waals surface area contributed by atoms with Gasteiger partial charge in [-0.2, -0.15) is 0 Å². The summed E-state index contributed by atoms with van der Waals surface area (Å²) in [5.74, 6) is 0.688. The summed E-state index contributed by atoms with van der Waals surface area (Å²) in [7, 11) is 0. The number of tetrazole rings is 1. The largest absolute Gasteiger partial charge is 0.322 e. The summed E-state index contributed by atoms with van der Waals surface area (Å²) in [6.45, 7) is 2.69. The van der Waals surface area contributed by atoms with Crippen LogP contribution in [0, 0.1) is 0 Å². The van der Waals surface area contributed by atoms with Crippen molar-refractivity contribution in [2.24, 2.45) is 0 Å². The summed E-state index contributed by atoms with van der Waals surface area (Å²) >= 11 is 5.87. The van der Waals surface area contributed by atoms with Crippen LogP contribution in [0.3, 0.4) is 0 Å². The number of aromatic nitrogens is 4. The molecule has 4 rings (SSSR count). The minimum absolute atomic E-state index is 0.0305. The van der Waals surface area contributed by atoms with Gasteiger partial charge in [0.15, 0.2) is 5.82 Å². The highest BCUT2D eigenvalue weighted by atomic mass is 35.5. The number of carbonyl (C=O) groups is 1. The van der Waals surface area contributed by atoms with Crippen LogP contribution in [0.2, 0.25) is 5.02 Å². The Hall–Kier alpha value is -2.77. The van der Waals surface area contributed by atoms with Gasteiger partial charge in [0.1, 0.15) is 0 Å². The van der Waals surface area contributed by atoms with Crippen LogP contribution in [0.25, 0.3) is 0 Å². The molecule has 0 saturated heterocycles. The lowest BCUT2D eigenvalue weighted by molar-refractivity contribution is 0.102. The molecule has 2 aromatic carbocycles. The first kappa shape index (κ1) is 18.6. The van der Waals surface area contributed by atoms with E-state index in [-0.39, 0.29) is 11.9 Å². The Balaban J connectivity index is 1.37. The van der Waals surface area contributed by atoms with Gasteiger partial charge in [-0.25, -0.2) is 4.68 Å². The van der Waals surface area contributed by atoms with Crippen LogP contribution >= 0.6 is 11.6 Å². The van der Waals surface area contributed by atoms with E-state index < -0.39 is 0 Å². The highest BCUT2D eigenvalue weighted by molar-refractivity contribution is 6.30. The van der Waals surface area contributed by atoms with E-state index in [1.54, 1.807) is 24.3 Å². The number of nitrogens with zero attached hydrogens (tertiary/aromatic N) is 4. The third-order valence-electron chi connectivity index (χ3n) is 4.70. The molecule has 28 heavy (non-hydrogen) atoms. The molecule has 0 bridgehead atoms. The molecule has 8 heteroatoms. The van der Waals surface area contributed by atoms with E-state index in [4.69, 9.17) is 11.6 Å². The van der Waals surface area contributed by atoms with E-state index in [9.17, 15) is 4.79 Å². The number of hydrogen-bond acceptors (Lipinski definition) is 5. The van der Waals surface area contributed by atoms with Crippen LogP contribution in [0.4, 0.5) is 5.69 Å². The van der Waals surface area contributed by atoms with Crippen molar-refractivity contribution in [2.75, 3.05) is 5.32 Å². The number of carbonyl (C=O) groups excluding carboxylic acids is 1. The molecule has 2 N–H and O–H groups in total. The molecule has 1 fully saturated rings. The molecule has 0 unspecified atom stereocenters. The van der Waals surface area contributed by atoms with Gasteiger partial charge in [0.05, 0.1) is 12.1 Å². The zero-order chi connectivity index (χ0) is 19.5. The Kier molecular flexibility index (Phi) is 5.36. The molecular weight excluding hydrogens is 376 g/mol. The van der Waals surface area contributed by atoms with Crippen LogP contribution in [0.5, 0.6) is 0 Å². The highest BCUT2D eigenvalue weighted by Crippen LogP contribution is 2.35. The molecule has 1 saturated carbocycles. The van der Waals surface area contributed by atoms with Gasteiger partial charge in [-0.05, 0) is 72.2 Å². The van der Waals surface area contributed by atoms with Gasteiger partial charge < -0.3 is 10.6 Å². The maximum absolute atomic E-state index is 12.4. The lowest BCUT2D eigenvalue weighted by Crippen LogP contribution is -2.22. The zero-order valence-corrected chi connectivity index (χ0v) is 16.2. The van der Waals surface area contributed by atoms with Gasteiger partial charge in [0.25, 0.3) is 5.91 Å². The number of anilines is 1. The molecule has 7 nitrogen and oxygen atoms in total. The molecular formula is C20H21ClN6O. The van der Waals surface area contributed by atoms with Crippen LogP contribution < -0.4 is 10.6 Å². The smallest absolute Gasteiger partial charge is 0.255 e. The van der Waals surface area contributed by atoms with E-state index in [1.807, 2.05) is 28.9 Å². The SMILES string of the molecule is C[C@@H](NCc1cccc(NC(=O)c2ccc(Cl)cc2)c1)c1nnnn1C1CC1. The Morgan fingerprint density at radius 2 is 2.04 bits per heavy atom. The number of rotatable bonds is 7. The number of halogens is 1. The summed E-state index contributed by atoms with van der Waals surface area (Å²) in [5, 5.41) is 19.0. The summed E-state index contributed by atoms with van der Waals surface area (Å²) < 4.78 is 1.92. The number of nitrogens with one attached hydrogen (secondary N) is 2. The quantitative estimate of drug-likeness (QED) is 0.635. The third-order valence-corrected chi connectivity index (χ3v) is 4.95. The van der Waals surface area contributed by atoms with Crippen molar-refractivity contribution in [2.45, 2.75) is 38.4 Å². The Bertz CT molecular complexity index is 967. The molecule has 1 atom stereocenters. The maximum Gasteiger partial charge on any atom is 0.255 e. The highest BCUT2D eigenvalue weighted by Gasteiger charge is 2.29. The van der Waals surface area contributed by atoms with Crippen molar-refractivity contribution in [3.8, 4) is 0 Å². The van der Waals surface area contributed by atoms with Crippen molar-refractivity contribution in [1.29, 1.82) is 0 Å². The number of benzene rings is 2. The monoisotopic (exact) mass is 396 g/mol. The van der Waals surface area contributed by atoms with E-state index in [0.29, 0.717) is 23.2 Å². The Labute approximate surface area is 168 Å². The first-order valence-corrected chi connectivity index (χ1v) is 9.65. The molecule has 144 valence electrons. The van der Waals surface area contributed by atoms with Gasteiger partial charge in [-0.1, -0.05) is 23.7 Å². The van der Waals surface area contributed by atoms with Crippen LogP contribution in [-0.2, 0) is 6.54 Å². The molecule has 1 aromatic heterocycles. The lowest BCUT2D eigenvalue weighted by Gasteiger charge is -2.14. The van der Waals surface area contributed by atoms with Gasteiger partial charge >= 0.3 is 0 Å². The van der Waals surface area contributed by atoms with Gasteiger partial charge in [0, 0.05) is 22.8 Å². The van der Waals surface area contributed by atoms with E-state index in [2.05, 4.69) is 33.1 Å². The average molecular weight is 397 g/mol. The standard InChI is InChI=1S/C20H21ClN6O/c1-13(19-24-25-26-27(19)18-9-10-18)22-12-14-3-2-4-17(11-14)23-20(28)15-5-7-16(21)8-6-15/h2-8,11,13,18,22H,9-10,12H2,1H3,(H,23,28)/t13-/m1/s1. The fourth-order valence-electron chi connectivity index (χ4n) is 2.99. The fourth-order valence-corrected chi connectivity index (χ4v) is 3.12. The van der Waals surface area contributed by atoms with Crippen molar-refractivity contribution in [1.82, 2.24) is 25.5 Å². The minimum atomic E-state index is -0.168. The van der Waals surface area contributed by atoms with E-state index in [1.165, 1.54) is 0 Å². The zero-order valence-electron chi connectivity index (χ0n) is 15.5. The predicted octanol–water partition coefficient (Wildman–Crippen LogP) is 3.76. The second-order valence-electron chi connectivity index (χ2n) is 6.98. The lowest BCUT2D eigenvalue weighted by atomic mass is 10.1. The normalized spacial score (nSPS) is 14.6. The molecule has 3 aromatic rings. The first-order chi connectivity index (χ1) is 13.6. The van der Waals surface area contributed by atoms with Crippen LogP contribution in [0.15, 0.2) is 48.5 Å². The predicted molar refractivity (Wildman–Crippen MR) is 107 cm³/mol. The molecule has 1 aliphatic carbocycles. The van der Waals surface area contributed by atoms with E-state index in [0.717, 1.165) is 29.9 Å².